The van der Waals surface area contributed by atoms with Crippen LogP contribution in [-0.2, 0) is 14.3 Å². The zero-order valence-electron chi connectivity index (χ0n) is 12.0. The van der Waals surface area contributed by atoms with Gasteiger partial charge in [-0.3, -0.25) is 9.59 Å². The minimum atomic E-state index is -0.636. The highest BCUT2D eigenvalue weighted by atomic mass is 79.9. The van der Waals surface area contributed by atoms with E-state index in [1.807, 2.05) is 6.07 Å². The molecule has 0 bridgehead atoms. The first kappa shape index (κ1) is 16.8. The molecule has 2 amide bonds. The van der Waals surface area contributed by atoms with E-state index in [1.165, 1.54) is 6.07 Å². The zero-order chi connectivity index (χ0) is 16.7. The fraction of sp³-hybridized carbons (Fsp3) is 0.133. The highest BCUT2D eigenvalue weighted by Crippen LogP contribution is 2.20. The first-order valence-electron chi connectivity index (χ1n) is 6.68. The molecule has 0 saturated carbocycles. The minimum absolute atomic E-state index is 0.222. The summed E-state index contributed by atoms with van der Waals surface area (Å²) in [6.07, 6.45) is 1.57. The number of benzene rings is 1. The van der Waals surface area contributed by atoms with Crippen molar-refractivity contribution in [1.29, 1.82) is 0 Å². The molecule has 0 aliphatic heterocycles. The largest absolute Gasteiger partial charge is 0.451 e. The van der Waals surface area contributed by atoms with Crippen LogP contribution in [0, 0.1) is 0 Å². The van der Waals surface area contributed by atoms with Crippen molar-refractivity contribution in [3.05, 3.63) is 52.8 Å². The molecule has 23 heavy (non-hydrogen) atoms. The molecule has 0 aliphatic rings. The van der Waals surface area contributed by atoms with E-state index in [9.17, 15) is 14.4 Å². The third-order valence-electron chi connectivity index (χ3n) is 2.75. The minimum Gasteiger partial charge on any atom is -0.451 e. The average Bonchev–Trinajstić information content (AvgIpc) is 3.07. The highest BCUT2D eigenvalue weighted by molar-refractivity contribution is 9.10. The second-order valence-electron chi connectivity index (χ2n) is 4.46. The lowest BCUT2D eigenvalue weighted by molar-refractivity contribution is -0.126. The van der Waals surface area contributed by atoms with Crippen LogP contribution in [-0.4, -0.2) is 35.9 Å². The molecule has 0 fully saturated rings. The number of hydrogen-bond donors (Lipinski definition) is 3. The molecule has 0 atom stereocenters. The summed E-state index contributed by atoms with van der Waals surface area (Å²) in [5, 5.41) is 5.01. The number of nitrogens with one attached hydrogen (secondary N) is 3. The molecular formula is C15H14BrN3O4. The lowest BCUT2D eigenvalue weighted by Crippen LogP contribution is -2.35. The predicted octanol–water partition coefficient (Wildman–Crippen LogP) is 1.69. The van der Waals surface area contributed by atoms with E-state index in [-0.39, 0.29) is 18.1 Å². The summed E-state index contributed by atoms with van der Waals surface area (Å²) in [6.45, 7) is -0.680. The molecule has 0 unspecified atom stereocenters. The van der Waals surface area contributed by atoms with Crippen LogP contribution in [0.1, 0.15) is 10.5 Å². The number of hydrogen-bond acceptors (Lipinski definition) is 4. The van der Waals surface area contributed by atoms with Gasteiger partial charge in [-0.2, -0.15) is 0 Å². The number of esters is 1. The highest BCUT2D eigenvalue weighted by Gasteiger charge is 2.12. The molecule has 0 radical (unpaired) electrons. The van der Waals surface area contributed by atoms with Crippen molar-refractivity contribution in [2.24, 2.45) is 0 Å². The summed E-state index contributed by atoms with van der Waals surface area (Å²) in [5.41, 5.74) is 0.856. The van der Waals surface area contributed by atoms with Gasteiger partial charge >= 0.3 is 5.97 Å². The van der Waals surface area contributed by atoms with Gasteiger partial charge in [-0.15, -0.1) is 0 Å². The lowest BCUT2D eigenvalue weighted by Gasteiger charge is -2.08. The monoisotopic (exact) mass is 379 g/mol. The number of H-pyrrole nitrogens is 1. The Balaban J connectivity index is 1.71. The second kappa shape index (κ2) is 8.14. The Hall–Kier alpha value is -2.61. The third-order valence-corrected chi connectivity index (χ3v) is 3.44. The van der Waals surface area contributed by atoms with Crippen LogP contribution < -0.4 is 10.6 Å². The topological polar surface area (TPSA) is 100 Å². The van der Waals surface area contributed by atoms with E-state index >= 15 is 0 Å². The van der Waals surface area contributed by atoms with Gasteiger partial charge < -0.3 is 20.4 Å². The van der Waals surface area contributed by atoms with Gasteiger partial charge in [-0.05, 0) is 40.2 Å². The van der Waals surface area contributed by atoms with Gasteiger partial charge in [0.2, 0.25) is 5.91 Å². The Morgan fingerprint density at radius 3 is 2.57 bits per heavy atom. The van der Waals surface area contributed by atoms with Crippen molar-refractivity contribution in [3.63, 3.8) is 0 Å². The summed E-state index contributed by atoms with van der Waals surface area (Å²) in [5.74, 6) is -1.59. The fourth-order valence-electron chi connectivity index (χ4n) is 1.65. The van der Waals surface area contributed by atoms with E-state index in [1.54, 1.807) is 30.5 Å². The molecule has 0 spiro atoms. The molecule has 1 heterocycles. The van der Waals surface area contributed by atoms with Crippen molar-refractivity contribution < 1.29 is 19.1 Å². The maximum absolute atomic E-state index is 11.7. The molecule has 0 aliphatic carbocycles. The van der Waals surface area contributed by atoms with E-state index in [0.29, 0.717) is 5.69 Å². The summed E-state index contributed by atoms with van der Waals surface area (Å²) in [4.78, 5) is 37.5. The van der Waals surface area contributed by atoms with Crippen LogP contribution in [0.25, 0.3) is 0 Å². The van der Waals surface area contributed by atoms with E-state index in [2.05, 4.69) is 31.5 Å². The standard InChI is InChI=1S/C15H14BrN3O4/c16-10-4-1-2-5-11(10)19-13(20)8-18-14(21)9-23-15(22)12-6-3-7-17-12/h1-7,17H,8-9H2,(H,18,21)(H,19,20). The summed E-state index contributed by atoms with van der Waals surface area (Å²) < 4.78 is 5.53. The number of halogens is 1. The number of aromatic amines is 1. The molecule has 120 valence electrons. The number of carbonyl (C=O) groups excluding carboxylic acids is 3. The molecule has 1 aromatic heterocycles. The lowest BCUT2D eigenvalue weighted by atomic mass is 10.3. The Morgan fingerprint density at radius 1 is 1.09 bits per heavy atom. The average molecular weight is 380 g/mol. The van der Waals surface area contributed by atoms with Crippen molar-refractivity contribution in [1.82, 2.24) is 10.3 Å². The SMILES string of the molecule is O=C(COC(=O)c1ccc[nH]1)NCC(=O)Nc1ccccc1Br. The van der Waals surface area contributed by atoms with Crippen molar-refractivity contribution in [3.8, 4) is 0 Å². The maximum atomic E-state index is 11.7. The van der Waals surface area contributed by atoms with Crippen LogP contribution in [0.5, 0.6) is 0 Å². The molecule has 7 nitrogen and oxygen atoms in total. The Labute approximate surface area is 140 Å². The van der Waals surface area contributed by atoms with Crippen molar-refractivity contribution >= 4 is 39.4 Å². The van der Waals surface area contributed by atoms with Gasteiger partial charge in [0.15, 0.2) is 6.61 Å². The number of rotatable bonds is 6. The fourth-order valence-corrected chi connectivity index (χ4v) is 2.04. The van der Waals surface area contributed by atoms with Gasteiger partial charge in [-0.1, -0.05) is 12.1 Å². The Bertz CT molecular complexity index is 701. The molecule has 2 aromatic rings. The first-order chi connectivity index (χ1) is 11.1. The number of aromatic nitrogens is 1. The molecule has 1 aromatic carbocycles. The molecular weight excluding hydrogens is 366 g/mol. The maximum Gasteiger partial charge on any atom is 0.355 e. The van der Waals surface area contributed by atoms with Crippen LogP contribution in [0.15, 0.2) is 47.1 Å². The van der Waals surface area contributed by atoms with Gasteiger partial charge in [0.25, 0.3) is 5.91 Å². The number of carbonyl (C=O) groups is 3. The van der Waals surface area contributed by atoms with Gasteiger partial charge in [0, 0.05) is 10.7 Å². The molecule has 2 rings (SSSR count). The molecule has 8 heteroatoms. The van der Waals surface area contributed by atoms with E-state index in [0.717, 1.165) is 4.47 Å². The normalized spacial score (nSPS) is 9.96. The van der Waals surface area contributed by atoms with Crippen LogP contribution in [0.3, 0.4) is 0 Å². The Morgan fingerprint density at radius 2 is 1.87 bits per heavy atom. The van der Waals surface area contributed by atoms with Crippen LogP contribution in [0.4, 0.5) is 5.69 Å². The first-order valence-corrected chi connectivity index (χ1v) is 7.47. The summed E-state index contributed by atoms with van der Waals surface area (Å²) in [6, 6.07) is 10.3. The third kappa shape index (κ3) is 5.26. The second-order valence-corrected chi connectivity index (χ2v) is 5.32. The zero-order valence-corrected chi connectivity index (χ0v) is 13.6. The molecule has 3 N–H and O–H groups in total. The quantitative estimate of drug-likeness (QED) is 0.664. The number of anilines is 1. The van der Waals surface area contributed by atoms with E-state index < -0.39 is 18.5 Å². The Kier molecular flexibility index (Phi) is 5.93. The number of para-hydroxylation sites is 1. The van der Waals surface area contributed by atoms with E-state index in [4.69, 9.17) is 4.74 Å². The predicted molar refractivity (Wildman–Crippen MR) is 86.9 cm³/mol. The smallest absolute Gasteiger partial charge is 0.355 e. The van der Waals surface area contributed by atoms with Crippen LogP contribution >= 0.6 is 15.9 Å². The van der Waals surface area contributed by atoms with Gasteiger partial charge in [-0.25, -0.2) is 4.79 Å². The van der Waals surface area contributed by atoms with Crippen molar-refractivity contribution in [2.75, 3.05) is 18.5 Å². The number of ether oxygens (including phenoxy) is 1. The van der Waals surface area contributed by atoms with Crippen LogP contribution in [0.2, 0.25) is 0 Å². The van der Waals surface area contributed by atoms with Crippen molar-refractivity contribution in [2.45, 2.75) is 0 Å². The van der Waals surface area contributed by atoms with Gasteiger partial charge in [0.05, 0.1) is 12.2 Å². The number of amides is 2. The molecule has 0 saturated heterocycles. The van der Waals surface area contributed by atoms with Gasteiger partial charge in [0.1, 0.15) is 5.69 Å². The summed E-state index contributed by atoms with van der Waals surface area (Å²) >= 11 is 3.30. The summed E-state index contributed by atoms with van der Waals surface area (Å²) in [7, 11) is 0.